The van der Waals surface area contributed by atoms with E-state index in [0.29, 0.717) is 6.54 Å². The Hall–Kier alpha value is -1.26. The van der Waals surface area contributed by atoms with E-state index in [4.69, 9.17) is 9.84 Å². The second-order valence-corrected chi connectivity index (χ2v) is 4.71. The molecule has 4 heteroatoms. The van der Waals surface area contributed by atoms with Gasteiger partial charge in [-0.2, -0.15) is 0 Å². The van der Waals surface area contributed by atoms with E-state index < -0.39 is 6.10 Å². The Morgan fingerprint density at radius 1 is 1.28 bits per heavy atom. The van der Waals surface area contributed by atoms with Crippen LogP contribution in [0.3, 0.4) is 0 Å². The average Bonchev–Trinajstić information content (AvgIpc) is 2.34. The third-order valence-corrected chi connectivity index (χ3v) is 3.31. The topological polar surface area (TPSA) is 52.9 Å². The van der Waals surface area contributed by atoms with Crippen molar-refractivity contribution in [3.63, 3.8) is 0 Å². The van der Waals surface area contributed by atoms with E-state index in [0.717, 1.165) is 28.1 Å². The molecule has 0 amide bonds. The molecule has 1 aromatic rings. The van der Waals surface area contributed by atoms with Crippen molar-refractivity contribution in [1.29, 1.82) is 0 Å². The fourth-order valence-corrected chi connectivity index (χ4v) is 2.22. The number of hydrogen-bond acceptors (Lipinski definition) is 4. The molecule has 2 N–H and O–H groups in total. The van der Waals surface area contributed by atoms with Crippen molar-refractivity contribution in [2.75, 3.05) is 32.2 Å². The summed E-state index contributed by atoms with van der Waals surface area (Å²) >= 11 is 0. The van der Waals surface area contributed by atoms with E-state index in [1.54, 1.807) is 7.11 Å². The largest absolute Gasteiger partial charge is 0.496 e. The van der Waals surface area contributed by atoms with Crippen LogP contribution in [0.5, 0.6) is 5.75 Å². The normalized spacial score (nSPS) is 12.4. The summed E-state index contributed by atoms with van der Waals surface area (Å²) in [5, 5.41) is 18.4. The van der Waals surface area contributed by atoms with Crippen molar-refractivity contribution < 1.29 is 14.9 Å². The number of nitrogens with zero attached hydrogens (tertiary/aromatic N) is 1. The fourth-order valence-electron chi connectivity index (χ4n) is 2.22. The van der Waals surface area contributed by atoms with E-state index in [1.165, 1.54) is 0 Å². The number of rotatable bonds is 5. The molecule has 1 rings (SSSR count). The molecule has 0 aromatic heterocycles. The minimum absolute atomic E-state index is 0.225. The lowest BCUT2D eigenvalue weighted by molar-refractivity contribution is 0.101. The molecule has 1 unspecified atom stereocenters. The van der Waals surface area contributed by atoms with Crippen LogP contribution in [0.2, 0.25) is 0 Å². The van der Waals surface area contributed by atoms with Crippen molar-refractivity contribution >= 4 is 5.69 Å². The first-order chi connectivity index (χ1) is 8.42. The van der Waals surface area contributed by atoms with Crippen LogP contribution in [-0.4, -0.2) is 43.6 Å². The van der Waals surface area contributed by atoms with Crippen molar-refractivity contribution in [1.82, 2.24) is 0 Å². The van der Waals surface area contributed by atoms with E-state index >= 15 is 0 Å². The molecule has 0 aliphatic heterocycles. The number of anilines is 1. The van der Waals surface area contributed by atoms with Gasteiger partial charge in [-0.3, -0.25) is 0 Å². The average molecular weight is 253 g/mol. The van der Waals surface area contributed by atoms with Crippen LogP contribution in [-0.2, 0) is 0 Å². The highest BCUT2D eigenvalue weighted by atomic mass is 16.5. The zero-order valence-corrected chi connectivity index (χ0v) is 11.8. The third-order valence-electron chi connectivity index (χ3n) is 3.31. The Bertz CT molecular complexity index is 418. The maximum Gasteiger partial charge on any atom is 0.125 e. The van der Waals surface area contributed by atoms with Crippen LogP contribution < -0.4 is 9.64 Å². The first-order valence-electron chi connectivity index (χ1n) is 6.07. The molecule has 0 aliphatic rings. The smallest absolute Gasteiger partial charge is 0.125 e. The molecule has 1 atom stereocenters. The molecular formula is C14H23NO3. The highest BCUT2D eigenvalue weighted by Crippen LogP contribution is 2.32. The van der Waals surface area contributed by atoms with Crippen LogP contribution >= 0.6 is 0 Å². The van der Waals surface area contributed by atoms with Crippen LogP contribution in [0.15, 0.2) is 6.07 Å². The first-order valence-corrected chi connectivity index (χ1v) is 6.07. The van der Waals surface area contributed by atoms with Gasteiger partial charge in [0, 0.05) is 19.3 Å². The van der Waals surface area contributed by atoms with Crippen LogP contribution in [0.4, 0.5) is 5.69 Å². The Balaban J connectivity index is 3.10. The molecule has 18 heavy (non-hydrogen) atoms. The summed E-state index contributed by atoms with van der Waals surface area (Å²) < 4.78 is 5.39. The Morgan fingerprint density at radius 3 is 2.39 bits per heavy atom. The quantitative estimate of drug-likeness (QED) is 0.833. The van der Waals surface area contributed by atoms with Crippen molar-refractivity contribution in [3.05, 3.63) is 22.8 Å². The number of likely N-dealkylation sites (N-methyl/N-ethyl adjacent to an activating group) is 1. The van der Waals surface area contributed by atoms with Gasteiger partial charge in [-0.25, -0.2) is 0 Å². The summed E-state index contributed by atoms with van der Waals surface area (Å²) in [6.45, 7) is 6.25. The van der Waals surface area contributed by atoms with Crippen LogP contribution in [0.1, 0.15) is 16.7 Å². The summed E-state index contributed by atoms with van der Waals surface area (Å²) in [5.41, 5.74) is 4.36. The van der Waals surface area contributed by atoms with Gasteiger partial charge in [0.1, 0.15) is 5.75 Å². The zero-order valence-electron chi connectivity index (χ0n) is 11.8. The fraction of sp³-hybridized carbons (Fsp3) is 0.571. The van der Waals surface area contributed by atoms with Crippen LogP contribution in [0, 0.1) is 20.8 Å². The van der Waals surface area contributed by atoms with Gasteiger partial charge in [0.05, 0.1) is 19.8 Å². The summed E-state index contributed by atoms with van der Waals surface area (Å²) in [5.74, 6) is 0.910. The molecule has 4 nitrogen and oxygen atoms in total. The van der Waals surface area contributed by atoms with Gasteiger partial charge in [-0.1, -0.05) is 0 Å². The standard InChI is InChI=1S/C14H23NO3/c1-9-6-13(15(4)7-12(17)8-16)10(2)11(3)14(9)18-5/h6,12,16-17H,7-8H2,1-5H3. The van der Waals surface area contributed by atoms with Gasteiger partial charge in [0.25, 0.3) is 0 Å². The van der Waals surface area contributed by atoms with E-state index in [-0.39, 0.29) is 6.61 Å². The highest BCUT2D eigenvalue weighted by molar-refractivity contribution is 5.62. The second kappa shape index (κ2) is 6.07. The molecular weight excluding hydrogens is 230 g/mol. The van der Waals surface area contributed by atoms with Gasteiger partial charge in [0.2, 0.25) is 0 Å². The summed E-state index contributed by atoms with van der Waals surface area (Å²) in [6, 6.07) is 2.05. The second-order valence-electron chi connectivity index (χ2n) is 4.71. The predicted molar refractivity (Wildman–Crippen MR) is 73.6 cm³/mol. The van der Waals surface area contributed by atoms with Gasteiger partial charge in [-0.15, -0.1) is 0 Å². The summed E-state index contributed by atoms with van der Waals surface area (Å²) in [7, 11) is 3.58. The maximum absolute atomic E-state index is 9.50. The number of aryl methyl sites for hydroxylation is 1. The molecule has 1 aromatic carbocycles. The van der Waals surface area contributed by atoms with E-state index in [9.17, 15) is 5.11 Å². The number of ether oxygens (including phenoxy) is 1. The molecule has 0 bridgehead atoms. The molecule has 102 valence electrons. The first kappa shape index (κ1) is 14.8. The maximum atomic E-state index is 9.50. The Kier molecular flexibility index (Phi) is 4.99. The minimum atomic E-state index is -0.725. The molecule has 0 radical (unpaired) electrons. The molecule has 0 heterocycles. The number of hydrogen-bond donors (Lipinski definition) is 2. The third kappa shape index (κ3) is 2.94. The Labute approximate surface area is 109 Å². The van der Waals surface area contributed by atoms with Crippen LogP contribution in [0.25, 0.3) is 0 Å². The minimum Gasteiger partial charge on any atom is -0.496 e. The van der Waals surface area contributed by atoms with Crippen molar-refractivity contribution in [2.24, 2.45) is 0 Å². The zero-order chi connectivity index (χ0) is 13.9. The molecule has 0 saturated heterocycles. The SMILES string of the molecule is COc1c(C)cc(N(C)CC(O)CO)c(C)c1C. The highest BCUT2D eigenvalue weighted by Gasteiger charge is 2.15. The summed E-state index contributed by atoms with van der Waals surface area (Å²) in [4.78, 5) is 1.95. The van der Waals surface area contributed by atoms with Gasteiger partial charge in [0.15, 0.2) is 0 Å². The van der Waals surface area contributed by atoms with Gasteiger partial charge < -0.3 is 19.8 Å². The lowest BCUT2D eigenvalue weighted by Gasteiger charge is -2.26. The Morgan fingerprint density at radius 2 is 1.89 bits per heavy atom. The summed E-state index contributed by atoms with van der Waals surface area (Å²) in [6.07, 6.45) is -0.725. The van der Waals surface area contributed by atoms with E-state index in [2.05, 4.69) is 0 Å². The van der Waals surface area contributed by atoms with E-state index in [1.807, 2.05) is 38.8 Å². The van der Waals surface area contributed by atoms with Gasteiger partial charge in [-0.05, 0) is 43.5 Å². The number of aliphatic hydroxyl groups is 2. The lowest BCUT2D eigenvalue weighted by atomic mass is 10.0. The lowest BCUT2D eigenvalue weighted by Crippen LogP contribution is -2.31. The number of benzene rings is 1. The number of methoxy groups -OCH3 is 1. The molecule has 0 aliphatic carbocycles. The molecule has 0 saturated carbocycles. The number of aliphatic hydroxyl groups excluding tert-OH is 2. The van der Waals surface area contributed by atoms with Gasteiger partial charge >= 0.3 is 0 Å². The predicted octanol–water partition coefficient (Wildman–Crippen LogP) is 1.41. The van der Waals surface area contributed by atoms with Crippen molar-refractivity contribution in [3.8, 4) is 5.75 Å². The molecule has 0 fully saturated rings. The molecule has 0 spiro atoms. The monoisotopic (exact) mass is 253 g/mol. The van der Waals surface area contributed by atoms with Crippen molar-refractivity contribution in [2.45, 2.75) is 26.9 Å².